The lowest BCUT2D eigenvalue weighted by Gasteiger charge is -2.51. The number of hydrogen-bond acceptors (Lipinski definition) is 10. The highest BCUT2D eigenvalue weighted by atomic mass is 32.2. The minimum atomic E-state index is -1.73. The quantitative estimate of drug-likeness (QED) is 0.127. The summed E-state index contributed by atoms with van der Waals surface area (Å²) < 4.78 is 41.7. The van der Waals surface area contributed by atoms with E-state index in [2.05, 4.69) is 4.72 Å². The van der Waals surface area contributed by atoms with Crippen LogP contribution in [0.15, 0.2) is 103 Å². The maximum Gasteiger partial charge on any atom is 0.338 e. The molecule has 1 N–H and O–H groups in total. The molecule has 1 saturated heterocycles. The number of carbonyl (C=O) groups excluding carboxylic acids is 3. The van der Waals surface area contributed by atoms with Crippen LogP contribution in [-0.2, 0) is 30.3 Å². The Hall–Kier alpha value is -3.61. The fourth-order valence-electron chi connectivity index (χ4n) is 5.17. The first kappa shape index (κ1) is 34.7. The number of thioether (sulfide) groups is 1. The third-order valence-corrected chi connectivity index (χ3v) is 10.6. The molecular weight excluding hydrogens is 639 g/mol. The first-order valence-corrected chi connectivity index (χ1v) is 17.7. The highest BCUT2D eigenvalue weighted by Gasteiger charge is 2.63. The summed E-state index contributed by atoms with van der Waals surface area (Å²) in [6, 6.07) is 25.2. The molecule has 0 radical (unpaired) electrons. The van der Waals surface area contributed by atoms with Gasteiger partial charge in [-0.05, 0) is 76.4 Å². The molecule has 0 saturated carbocycles. The van der Waals surface area contributed by atoms with Gasteiger partial charge in [0.2, 0.25) is 5.06 Å². The van der Waals surface area contributed by atoms with Crippen LogP contribution < -0.4 is 4.72 Å². The van der Waals surface area contributed by atoms with Crippen LogP contribution >= 0.6 is 11.8 Å². The second-order valence-electron chi connectivity index (χ2n) is 12.2. The molecule has 2 aliphatic heterocycles. The second-order valence-corrected chi connectivity index (χ2v) is 15.4. The highest BCUT2D eigenvalue weighted by molar-refractivity contribution is 8.01. The fourth-order valence-corrected chi connectivity index (χ4v) is 7.46. The van der Waals surface area contributed by atoms with Crippen molar-refractivity contribution in [3.63, 3.8) is 0 Å². The van der Waals surface area contributed by atoms with E-state index in [-0.39, 0.29) is 16.7 Å². The van der Waals surface area contributed by atoms with Crippen LogP contribution in [0.5, 0.6) is 0 Å². The molecule has 0 aliphatic carbocycles. The molecular formula is C36H39NO8S2. The predicted octanol–water partition coefficient (Wildman–Crippen LogP) is 6.24. The molecule has 0 spiro atoms. The second kappa shape index (κ2) is 15.5. The van der Waals surface area contributed by atoms with Crippen molar-refractivity contribution < 1.29 is 37.9 Å². The Bertz CT molecular complexity index is 1530. The van der Waals surface area contributed by atoms with Crippen molar-refractivity contribution in [3.05, 3.63) is 120 Å². The minimum Gasteiger partial charge on any atom is -0.598 e. The van der Waals surface area contributed by atoms with Gasteiger partial charge in [0, 0.05) is 17.1 Å². The van der Waals surface area contributed by atoms with Gasteiger partial charge in [-0.25, -0.2) is 14.4 Å². The number of benzene rings is 3. The zero-order valence-corrected chi connectivity index (χ0v) is 28.2. The average Bonchev–Trinajstić information content (AvgIpc) is 3.08. The van der Waals surface area contributed by atoms with Gasteiger partial charge in [0.1, 0.15) is 10.9 Å². The number of carbonyl (C=O) groups is 3. The third kappa shape index (κ3) is 8.65. The molecule has 11 heteroatoms. The monoisotopic (exact) mass is 677 g/mol. The van der Waals surface area contributed by atoms with Gasteiger partial charge in [-0.3, -0.25) is 0 Å². The lowest BCUT2D eigenvalue weighted by Crippen LogP contribution is -2.72. The number of allylic oxidation sites excluding steroid dienone is 2. The fraction of sp³-hybridized carbons (Fsp3) is 0.361. The summed E-state index contributed by atoms with van der Waals surface area (Å²) in [5.74, 6) is -1.59. The van der Waals surface area contributed by atoms with E-state index in [1.54, 1.807) is 91.0 Å². The van der Waals surface area contributed by atoms with Gasteiger partial charge in [-0.15, -0.1) is 11.8 Å². The van der Waals surface area contributed by atoms with Crippen LogP contribution in [0.4, 0.5) is 0 Å². The Morgan fingerprint density at radius 3 is 1.74 bits per heavy atom. The van der Waals surface area contributed by atoms with Gasteiger partial charge in [-0.2, -0.15) is 0 Å². The predicted molar refractivity (Wildman–Crippen MR) is 181 cm³/mol. The average molecular weight is 678 g/mol. The molecule has 0 aromatic heterocycles. The number of esters is 3. The molecule has 3 aromatic carbocycles. The molecule has 47 heavy (non-hydrogen) atoms. The van der Waals surface area contributed by atoms with Crippen molar-refractivity contribution in [1.82, 2.24) is 4.72 Å². The molecule has 0 amide bonds. The van der Waals surface area contributed by atoms with Crippen LogP contribution in [-0.4, -0.2) is 62.4 Å². The molecule has 3 aromatic rings. The maximum atomic E-state index is 13.8. The highest BCUT2D eigenvalue weighted by Crippen LogP contribution is 2.44. The summed E-state index contributed by atoms with van der Waals surface area (Å²) in [6.07, 6.45) is 0.859. The van der Waals surface area contributed by atoms with Gasteiger partial charge in [-0.1, -0.05) is 71.5 Å². The Balaban J connectivity index is 1.65. The summed E-state index contributed by atoms with van der Waals surface area (Å²) in [4.78, 5) is 41.1. The normalized spacial score (nSPS) is 25.2. The molecule has 248 valence electrons. The third-order valence-electron chi connectivity index (χ3n) is 7.62. The van der Waals surface area contributed by atoms with E-state index in [9.17, 15) is 18.9 Å². The van der Waals surface area contributed by atoms with E-state index in [1.807, 2.05) is 32.9 Å². The van der Waals surface area contributed by atoms with Crippen molar-refractivity contribution in [2.45, 2.75) is 74.3 Å². The van der Waals surface area contributed by atoms with Gasteiger partial charge in [0.25, 0.3) is 0 Å². The van der Waals surface area contributed by atoms with Gasteiger partial charge in [0.15, 0.2) is 18.3 Å². The van der Waals surface area contributed by atoms with Crippen molar-refractivity contribution >= 4 is 41.0 Å². The topological polar surface area (TPSA) is 123 Å². The van der Waals surface area contributed by atoms with Crippen LogP contribution in [0.2, 0.25) is 0 Å². The van der Waals surface area contributed by atoms with E-state index in [0.29, 0.717) is 25.0 Å². The van der Waals surface area contributed by atoms with Gasteiger partial charge >= 0.3 is 17.9 Å². The van der Waals surface area contributed by atoms with Gasteiger partial charge in [0.05, 0.1) is 16.7 Å². The maximum absolute atomic E-state index is 13.8. The molecule has 2 bridgehead atoms. The number of nitrogens with one attached hydrogen (secondary N) is 1. The van der Waals surface area contributed by atoms with E-state index in [0.717, 1.165) is 0 Å². The van der Waals surface area contributed by atoms with Crippen molar-refractivity contribution in [2.24, 2.45) is 0 Å². The molecule has 5 rings (SSSR count). The van der Waals surface area contributed by atoms with Crippen LogP contribution in [0, 0.1) is 0 Å². The summed E-state index contributed by atoms with van der Waals surface area (Å²) in [5, 5.41) is -1.66. The van der Waals surface area contributed by atoms with E-state index in [4.69, 9.17) is 18.9 Å². The van der Waals surface area contributed by atoms with Crippen molar-refractivity contribution in [3.8, 4) is 0 Å². The Morgan fingerprint density at radius 1 is 0.766 bits per heavy atom. The molecule has 9 nitrogen and oxygen atoms in total. The number of rotatable bonds is 8. The van der Waals surface area contributed by atoms with Crippen LogP contribution in [0.3, 0.4) is 0 Å². The Kier molecular flexibility index (Phi) is 11.5. The number of ether oxygens (including phenoxy) is 4. The largest absolute Gasteiger partial charge is 0.598 e. The number of hydrogen-bond donors (Lipinski definition) is 1. The lowest BCUT2D eigenvalue weighted by atomic mass is 9.93. The molecule has 2 heterocycles. The van der Waals surface area contributed by atoms with Gasteiger partial charge < -0.3 is 23.5 Å². The zero-order chi connectivity index (χ0) is 33.4. The van der Waals surface area contributed by atoms with E-state index >= 15 is 0 Å². The lowest BCUT2D eigenvalue weighted by molar-refractivity contribution is -0.238. The minimum absolute atomic E-state index is 0.250. The first-order valence-electron chi connectivity index (χ1n) is 15.5. The summed E-state index contributed by atoms with van der Waals surface area (Å²) in [7, 11) is 0. The Labute approximate surface area is 282 Å². The standard InChI is InChI=1S/C36H39NO8S2/c1-35(2,3)47(41)37-36-31(44-34(40)27-21-13-8-14-22-27)30(43-33(39)26-19-11-7-12-20-26)29(42-32(38)25-17-9-6-10-18-25)28(45-36)23-15-4-5-16-24-46-36/h4-14,17-22,28-31,37H,15-16,23-24H2,1-3H3/t28?,29?,30?,31?,36?,47-/m1/s1. The van der Waals surface area contributed by atoms with E-state index in [1.165, 1.54) is 11.8 Å². The molecule has 2 aliphatic rings. The van der Waals surface area contributed by atoms with Crippen molar-refractivity contribution in [1.29, 1.82) is 0 Å². The molecule has 1 fully saturated rings. The smallest absolute Gasteiger partial charge is 0.338 e. The SMILES string of the molecule is CC(C)(C)[S@@+]([O-])NC12OC(CCC=CCCS1)C(OC(=O)c1ccccc1)C(OC(=O)c1ccccc1)C2OC(=O)c1ccccc1. The summed E-state index contributed by atoms with van der Waals surface area (Å²) in [6.45, 7) is 5.43. The van der Waals surface area contributed by atoms with Crippen LogP contribution in [0.1, 0.15) is 71.1 Å². The zero-order valence-electron chi connectivity index (χ0n) is 26.5. The summed E-state index contributed by atoms with van der Waals surface area (Å²) in [5.41, 5.74) is 0.794. The van der Waals surface area contributed by atoms with E-state index < -0.39 is 63.5 Å². The summed E-state index contributed by atoms with van der Waals surface area (Å²) >= 11 is -0.458. The van der Waals surface area contributed by atoms with Crippen LogP contribution in [0.25, 0.3) is 0 Å². The number of fused-ring (bicyclic) bond motifs is 2. The molecule has 5 unspecified atom stereocenters. The van der Waals surface area contributed by atoms with Crippen molar-refractivity contribution in [2.75, 3.05) is 5.75 Å². The molecule has 6 atom stereocenters. The first-order chi connectivity index (χ1) is 22.6. The Morgan fingerprint density at radius 2 is 1.23 bits per heavy atom.